The molecule has 3 rings (SSSR count). The van der Waals surface area contributed by atoms with E-state index in [-0.39, 0.29) is 10.7 Å². The highest BCUT2D eigenvalue weighted by atomic mass is 127. The van der Waals surface area contributed by atoms with Crippen LogP contribution < -0.4 is 10.6 Å². The molecular formula is C21H15ClIN3O2. The summed E-state index contributed by atoms with van der Waals surface area (Å²) >= 11 is 8.22. The lowest BCUT2D eigenvalue weighted by Crippen LogP contribution is -2.25. The van der Waals surface area contributed by atoms with Gasteiger partial charge in [0, 0.05) is 21.0 Å². The van der Waals surface area contributed by atoms with E-state index in [9.17, 15) is 9.59 Å². The van der Waals surface area contributed by atoms with Crippen molar-refractivity contribution in [3.05, 3.63) is 92.8 Å². The molecule has 2 N–H and O–H groups in total. The zero-order valence-corrected chi connectivity index (χ0v) is 17.4. The normalized spacial score (nSPS) is 11.0. The van der Waals surface area contributed by atoms with Gasteiger partial charge in [-0.15, -0.1) is 0 Å². The number of nitrogens with one attached hydrogen (secondary N) is 2. The summed E-state index contributed by atoms with van der Waals surface area (Å²) in [6.07, 6.45) is 2.97. The van der Waals surface area contributed by atoms with E-state index in [1.165, 1.54) is 12.3 Å². The highest BCUT2D eigenvalue weighted by Crippen LogP contribution is 2.21. The summed E-state index contributed by atoms with van der Waals surface area (Å²) in [5, 5.41) is 5.71. The van der Waals surface area contributed by atoms with Crippen LogP contribution in [-0.2, 0) is 9.59 Å². The van der Waals surface area contributed by atoms with Crippen LogP contribution in [0, 0.1) is 3.57 Å². The zero-order valence-electron chi connectivity index (χ0n) is 14.5. The van der Waals surface area contributed by atoms with Crippen molar-refractivity contribution in [2.45, 2.75) is 0 Å². The number of rotatable bonds is 5. The van der Waals surface area contributed by atoms with Crippen LogP contribution >= 0.6 is 34.2 Å². The van der Waals surface area contributed by atoms with Crippen LogP contribution in [0.3, 0.4) is 0 Å². The fourth-order valence-corrected chi connectivity index (χ4v) is 3.06. The van der Waals surface area contributed by atoms with E-state index >= 15 is 0 Å². The van der Waals surface area contributed by atoms with Crippen LogP contribution in [0.25, 0.3) is 6.08 Å². The summed E-state index contributed by atoms with van der Waals surface area (Å²) < 4.78 is 0.857. The van der Waals surface area contributed by atoms with Crippen LogP contribution in [0.15, 0.2) is 78.5 Å². The predicted octanol–water partition coefficient (Wildman–Crippen LogP) is 5.00. The molecule has 28 heavy (non-hydrogen) atoms. The fourth-order valence-electron chi connectivity index (χ4n) is 2.37. The molecule has 7 heteroatoms. The van der Waals surface area contributed by atoms with Gasteiger partial charge in [0.15, 0.2) is 0 Å². The average Bonchev–Trinajstić information content (AvgIpc) is 2.69. The van der Waals surface area contributed by atoms with Gasteiger partial charge >= 0.3 is 0 Å². The molecule has 0 saturated carbocycles. The van der Waals surface area contributed by atoms with E-state index in [2.05, 4.69) is 38.2 Å². The molecule has 0 bridgehead atoms. The van der Waals surface area contributed by atoms with Gasteiger partial charge in [-0.1, -0.05) is 48.0 Å². The van der Waals surface area contributed by atoms with Crippen LogP contribution in [0.4, 0.5) is 11.4 Å². The molecule has 0 aliphatic heterocycles. The minimum absolute atomic E-state index is 0.0848. The van der Waals surface area contributed by atoms with Crippen molar-refractivity contribution in [1.82, 2.24) is 4.98 Å². The Labute approximate surface area is 181 Å². The first-order valence-electron chi connectivity index (χ1n) is 8.29. The van der Waals surface area contributed by atoms with Crippen molar-refractivity contribution in [3.63, 3.8) is 0 Å². The maximum atomic E-state index is 12.9. The van der Waals surface area contributed by atoms with Gasteiger partial charge < -0.3 is 10.6 Å². The molecule has 140 valence electrons. The Kier molecular flexibility index (Phi) is 6.78. The monoisotopic (exact) mass is 503 g/mol. The molecule has 0 aliphatic rings. The Bertz CT molecular complexity index is 1040. The van der Waals surface area contributed by atoms with Gasteiger partial charge in [0.1, 0.15) is 10.7 Å². The fraction of sp³-hybridized carbons (Fsp3) is 0. The third kappa shape index (κ3) is 5.17. The Morgan fingerprint density at radius 1 is 0.893 bits per heavy atom. The van der Waals surface area contributed by atoms with Crippen molar-refractivity contribution in [1.29, 1.82) is 0 Å². The largest absolute Gasteiger partial charge is 0.322 e. The number of hydrogen-bond donors (Lipinski definition) is 2. The lowest BCUT2D eigenvalue weighted by atomic mass is 10.1. The quantitative estimate of drug-likeness (QED) is 0.169. The van der Waals surface area contributed by atoms with Gasteiger partial charge in [0.05, 0.1) is 5.69 Å². The summed E-state index contributed by atoms with van der Waals surface area (Å²) in [5.41, 5.74) is 1.58. The zero-order chi connectivity index (χ0) is 19.9. The van der Waals surface area contributed by atoms with Crippen molar-refractivity contribution in [2.75, 3.05) is 10.6 Å². The minimum Gasteiger partial charge on any atom is -0.322 e. The van der Waals surface area contributed by atoms with Crippen LogP contribution in [0.5, 0.6) is 0 Å². The maximum absolute atomic E-state index is 12.9. The van der Waals surface area contributed by atoms with Crippen molar-refractivity contribution in [3.8, 4) is 0 Å². The smallest absolute Gasteiger partial charge is 0.261 e. The number of pyridine rings is 1. The van der Waals surface area contributed by atoms with Gasteiger partial charge in [-0.3, -0.25) is 9.59 Å². The summed E-state index contributed by atoms with van der Waals surface area (Å²) in [5.74, 6) is -1.09. The summed E-state index contributed by atoms with van der Waals surface area (Å²) in [6.45, 7) is 0. The van der Waals surface area contributed by atoms with Gasteiger partial charge in [0.25, 0.3) is 11.8 Å². The molecule has 0 fully saturated rings. The third-order valence-electron chi connectivity index (χ3n) is 3.73. The Balaban J connectivity index is 1.94. The number of carbonyl (C=O) groups excluding carboxylic acids is 2. The van der Waals surface area contributed by atoms with E-state index in [0.717, 1.165) is 3.57 Å². The van der Waals surface area contributed by atoms with Gasteiger partial charge in [0.2, 0.25) is 0 Å². The summed E-state index contributed by atoms with van der Waals surface area (Å²) in [7, 11) is 0. The van der Waals surface area contributed by atoms with Gasteiger partial charge in [-0.2, -0.15) is 0 Å². The highest BCUT2D eigenvalue weighted by Gasteiger charge is 2.20. The number of halogens is 2. The Morgan fingerprint density at radius 2 is 1.57 bits per heavy atom. The summed E-state index contributed by atoms with van der Waals surface area (Å²) in [6, 6.07) is 19.6. The molecule has 2 amide bonds. The molecule has 0 aliphatic carbocycles. The lowest BCUT2D eigenvalue weighted by molar-refractivity contribution is -0.118. The standard InChI is InChI=1S/C21H15ClIN3O2/c22-19-14(7-6-12-24-19)13-16(20(27)25-15-8-2-1-3-9-15)21(28)26-18-11-5-4-10-17(18)23/h1-13H,(H,25,27)(H,26,28)/b16-13+. The molecule has 1 heterocycles. The van der Waals surface area contributed by atoms with E-state index in [0.29, 0.717) is 16.9 Å². The molecule has 5 nitrogen and oxygen atoms in total. The first-order chi connectivity index (χ1) is 13.5. The molecule has 1 aromatic heterocycles. The number of aromatic nitrogens is 1. The lowest BCUT2D eigenvalue weighted by Gasteiger charge is -2.11. The Hall–Kier alpha value is -2.71. The number of amides is 2. The van der Waals surface area contributed by atoms with Crippen LogP contribution in [0.1, 0.15) is 5.56 Å². The number of para-hydroxylation sites is 2. The molecule has 0 atom stereocenters. The van der Waals surface area contributed by atoms with E-state index in [1.54, 1.807) is 42.5 Å². The second-order valence-electron chi connectivity index (χ2n) is 5.70. The molecule has 0 unspecified atom stereocenters. The molecule has 0 spiro atoms. The molecule has 0 saturated heterocycles. The van der Waals surface area contributed by atoms with Crippen molar-refractivity contribution in [2.24, 2.45) is 0 Å². The third-order valence-corrected chi connectivity index (χ3v) is 4.99. The molecule has 0 radical (unpaired) electrons. The van der Waals surface area contributed by atoms with E-state index in [1.807, 2.05) is 24.3 Å². The first-order valence-corrected chi connectivity index (χ1v) is 9.75. The first kappa shape index (κ1) is 20.0. The average molecular weight is 504 g/mol. The second kappa shape index (κ2) is 9.48. The van der Waals surface area contributed by atoms with E-state index in [4.69, 9.17) is 11.6 Å². The molecule has 2 aromatic carbocycles. The number of anilines is 2. The number of nitrogens with zero attached hydrogens (tertiary/aromatic N) is 1. The van der Waals surface area contributed by atoms with Crippen LogP contribution in [0.2, 0.25) is 5.15 Å². The van der Waals surface area contributed by atoms with Gasteiger partial charge in [-0.25, -0.2) is 4.98 Å². The minimum atomic E-state index is -0.547. The van der Waals surface area contributed by atoms with E-state index < -0.39 is 11.8 Å². The van der Waals surface area contributed by atoms with Crippen molar-refractivity contribution < 1.29 is 9.59 Å². The highest BCUT2D eigenvalue weighted by molar-refractivity contribution is 14.1. The summed E-state index contributed by atoms with van der Waals surface area (Å²) in [4.78, 5) is 29.7. The Morgan fingerprint density at radius 3 is 2.29 bits per heavy atom. The van der Waals surface area contributed by atoms with Crippen LogP contribution in [-0.4, -0.2) is 16.8 Å². The van der Waals surface area contributed by atoms with Gasteiger partial charge in [-0.05, 0) is 59.0 Å². The topological polar surface area (TPSA) is 71.1 Å². The van der Waals surface area contributed by atoms with Crippen molar-refractivity contribution >= 4 is 63.5 Å². The number of hydrogen-bond acceptors (Lipinski definition) is 3. The molecular weight excluding hydrogens is 489 g/mol. The second-order valence-corrected chi connectivity index (χ2v) is 7.22. The number of benzene rings is 2. The maximum Gasteiger partial charge on any atom is 0.261 e. The molecule has 3 aromatic rings. The number of carbonyl (C=O) groups is 2. The predicted molar refractivity (Wildman–Crippen MR) is 120 cm³/mol. The SMILES string of the molecule is O=C(Nc1ccccc1)/C(=C\c1cccnc1Cl)C(=O)Nc1ccccc1I.